The smallest absolute Gasteiger partial charge is 0.220 e. The fourth-order valence-corrected chi connectivity index (χ4v) is 8.05. The first-order chi connectivity index (χ1) is 31.8. The zero-order chi connectivity index (χ0) is 48.4. The summed E-state index contributed by atoms with van der Waals surface area (Å²) in [5.41, 5.74) is 0. The van der Waals surface area contributed by atoms with Gasteiger partial charge in [0.2, 0.25) is 5.91 Å². The third kappa shape index (κ3) is 19.1. The monoisotopic (exact) mass is 950 g/mol. The molecule has 3 rings (SSSR count). The Morgan fingerprint density at radius 2 is 1.03 bits per heavy atom. The first-order valence-electron chi connectivity index (χ1n) is 24.2. The lowest BCUT2D eigenvalue weighted by atomic mass is 9.96. The average Bonchev–Trinajstić information content (AvgIpc) is 3.31. The molecule has 19 nitrogen and oxygen atoms in total. The zero-order valence-electron chi connectivity index (χ0n) is 38.9. The Bertz CT molecular complexity index is 1370. The maximum Gasteiger partial charge on any atom is 0.220 e. The molecule has 0 radical (unpaired) electrons. The van der Waals surface area contributed by atoms with Crippen LogP contribution in [0.3, 0.4) is 0 Å². The second kappa shape index (κ2) is 32.8. The summed E-state index contributed by atoms with van der Waals surface area (Å²) in [6, 6.07) is -0.971. The molecular weight excluding hydrogens is 867 g/mol. The summed E-state index contributed by atoms with van der Waals surface area (Å²) in [7, 11) is 0. The highest BCUT2D eigenvalue weighted by Gasteiger charge is 2.53. The van der Waals surface area contributed by atoms with Crippen molar-refractivity contribution in [3.8, 4) is 0 Å². The van der Waals surface area contributed by atoms with Crippen molar-refractivity contribution in [3.63, 3.8) is 0 Å². The molecule has 17 atom stereocenters. The quantitative estimate of drug-likeness (QED) is 0.0325. The minimum absolute atomic E-state index is 0.230. The van der Waals surface area contributed by atoms with Crippen LogP contribution in [-0.4, -0.2) is 193 Å². The number of hydrogen-bond donors (Lipinski definition) is 12. The topological polar surface area (TPSA) is 307 Å². The van der Waals surface area contributed by atoms with Gasteiger partial charge in [0, 0.05) is 6.42 Å². The van der Waals surface area contributed by atoms with E-state index in [1.54, 1.807) is 6.08 Å². The highest BCUT2D eigenvalue weighted by atomic mass is 16.8. The van der Waals surface area contributed by atoms with Gasteiger partial charge in [0.05, 0.1) is 38.6 Å². The molecule has 1 amide bonds. The lowest BCUT2D eigenvalue weighted by Crippen LogP contribution is -2.66. The summed E-state index contributed by atoms with van der Waals surface area (Å²) in [4.78, 5) is 13.0. The predicted molar refractivity (Wildman–Crippen MR) is 240 cm³/mol. The number of carbonyl (C=O) groups is 1. The van der Waals surface area contributed by atoms with Gasteiger partial charge in [-0.15, -0.1) is 0 Å². The van der Waals surface area contributed by atoms with Crippen LogP contribution in [0.1, 0.15) is 123 Å². The zero-order valence-corrected chi connectivity index (χ0v) is 38.9. The van der Waals surface area contributed by atoms with Crippen molar-refractivity contribution in [2.24, 2.45) is 0 Å². The van der Waals surface area contributed by atoms with E-state index in [1.165, 1.54) is 31.8 Å². The number of allylic oxidation sites excluding steroid dienone is 5. The van der Waals surface area contributed by atoms with Gasteiger partial charge in [-0.3, -0.25) is 4.79 Å². The number of aliphatic hydroxyl groups excluding tert-OH is 11. The van der Waals surface area contributed by atoms with Gasteiger partial charge in [-0.05, 0) is 44.9 Å². The summed E-state index contributed by atoms with van der Waals surface area (Å²) in [6.45, 7) is 1.41. The summed E-state index contributed by atoms with van der Waals surface area (Å²) in [6.07, 6.45) is 2.75. The van der Waals surface area contributed by atoms with E-state index >= 15 is 0 Å². The van der Waals surface area contributed by atoms with Crippen LogP contribution in [0.15, 0.2) is 36.5 Å². The van der Waals surface area contributed by atoms with Crippen LogP contribution in [0.2, 0.25) is 0 Å². The lowest BCUT2D eigenvalue weighted by molar-refractivity contribution is -0.379. The molecule has 0 aliphatic carbocycles. The van der Waals surface area contributed by atoms with Crippen LogP contribution in [0, 0.1) is 0 Å². The molecule has 66 heavy (non-hydrogen) atoms. The molecule has 17 unspecified atom stereocenters. The summed E-state index contributed by atoms with van der Waals surface area (Å²) >= 11 is 0. The lowest BCUT2D eigenvalue weighted by Gasteiger charge is -2.48. The van der Waals surface area contributed by atoms with E-state index in [0.717, 1.165) is 64.2 Å². The molecule has 384 valence electrons. The van der Waals surface area contributed by atoms with Gasteiger partial charge in [0.15, 0.2) is 18.9 Å². The largest absolute Gasteiger partial charge is 0.394 e. The van der Waals surface area contributed by atoms with Gasteiger partial charge in [-0.2, -0.15) is 0 Å². The van der Waals surface area contributed by atoms with Crippen molar-refractivity contribution in [2.45, 2.75) is 227 Å². The van der Waals surface area contributed by atoms with Gasteiger partial charge < -0.3 is 89.9 Å². The van der Waals surface area contributed by atoms with E-state index in [-0.39, 0.29) is 18.9 Å². The van der Waals surface area contributed by atoms with Crippen molar-refractivity contribution in [2.75, 3.05) is 26.4 Å². The third-order valence-corrected chi connectivity index (χ3v) is 12.2. The van der Waals surface area contributed by atoms with Crippen LogP contribution in [-0.2, 0) is 33.2 Å². The molecular formula is C47H83NO18. The number of carbonyl (C=O) groups excluding carboxylic acids is 1. The Morgan fingerprint density at radius 3 is 1.58 bits per heavy atom. The number of hydrogen-bond acceptors (Lipinski definition) is 18. The summed E-state index contributed by atoms with van der Waals surface area (Å²) in [5, 5.41) is 119. The van der Waals surface area contributed by atoms with Gasteiger partial charge in [0.25, 0.3) is 0 Å². The van der Waals surface area contributed by atoms with Gasteiger partial charge >= 0.3 is 0 Å². The van der Waals surface area contributed by atoms with E-state index in [0.29, 0.717) is 12.8 Å². The Hall–Kier alpha value is -1.99. The van der Waals surface area contributed by atoms with Crippen molar-refractivity contribution < 1.29 is 89.4 Å². The molecule has 0 saturated carbocycles. The fraction of sp³-hybridized carbons (Fsp3) is 0.851. The maximum atomic E-state index is 13.0. The number of rotatable bonds is 32. The number of ether oxygens (including phenoxy) is 6. The normalized spacial score (nSPS) is 34.1. The van der Waals surface area contributed by atoms with Crippen LogP contribution < -0.4 is 5.32 Å². The predicted octanol–water partition coefficient (Wildman–Crippen LogP) is 0.637. The molecule has 19 heteroatoms. The molecule has 0 aromatic carbocycles. The first kappa shape index (κ1) is 58.3. The van der Waals surface area contributed by atoms with Crippen molar-refractivity contribution >= 4 is 5.91 Å². The molecule has 3 saturated heterocycles. The summed E-state index contributed by atoms with van der Waals surface area (Å²) in [5.74, 6) is -0.299. The van der Waals surface area contributed by atoms with Crippen LogP contribution in [0.5, 0.6) is 0 Å². The van der Waals surface area contributed by atoms with E-state index in [2.05, 4.69) is 36.5 Å². The minimum atomic E-state index is -1.97. The Labute approximate surface area is 390 Å². The number of aliphatic hydroxyl groups is 11. The summed E-state index contributed by atoms with van der Waals surface area (Å²) < 4.78 is 33.8. The molecule has 0 aromatic heterocycles. The van der Waals surface area contributed by atoms with Crippen molar-refractivity contribution in [3.05, 3.63) is 36.5 Å². The molecule has 3 heterocycles. The van der Waals surface area contributed by atoms with Crippen LogP contribution >= 0.6 is 0 Å². The van der Waals surface area contributed by atoms with Gasteiger partial charge in [-0.25, -0.2) is 0 Å². The molecule has 12 N–H and O–H groups in total. The Kier molecular flexibility index (Phi) is 28.9. The number of unbranched alkanes of at least 4 members (excludes halogenated alkanes) is 12. The maximum absolute atomic E-state index is 13.0. The van der Waals surface area contributed by atoms with Gasteiger partial charge in [0.1, 0.15) is 73.2 Å². The number of nitrogens with one attached hydrogen (secondary N) is 1. The molecule has 0 spiro atoms. The van der Waals surface area contributed by atoms with E-state index in [9.17, 15) is 61.0 Å². The number of amides is 1. The van der Waals surface area contributed by atoms with Crippen LogP contribution in [0.4, 0.5) is 0 Å². The highest BCUT2D eigenvalue weighted by Crippen LogP contribution is 2.33. The Balaban J connectivity index is 1.46. The molecule has 0 aromatic rings. The molecule has 3 aliphatic heterocycles. The first-order valence-corrected chi connectivity index (χ1v) is 24.2. The SMILES string of the molecule is CCC/C=C/C(O)C(COC1OC(CO)C(OC2OC(CO)C(OC3OC(CO)C(O)C(O)C3O)C(O)C2O)C(O)C1O)NC(=O)CCCCCCCCC/C=C\C/C=C\CCCCCC. The second-order valence-corrected chi connectivity index (χ2v) is 17.6. The van der Waals surface area contributed by atoms with Crippen molar-refractivity contribution in [1.29, 1.82) is 0 Å². The van der Waals surface area contributed by atoms with E-state index in [4.69, 9.17) is 28.4 Å². The molecule has 0 bridgehead atoms. The molecule has 3 aliphatic rings. The van der Waals surface area contributed by atoms with E-state index < -0.39 is 124 Å². The van der Waals surface area contributed by atoms with Crippen molar-refractivity contribution in [1.82, 2.24) is 5.32 Å². The fourth-order valence-electron chi connectivity index (χ4n) is 8.05. The van der Waals surface area contributed by atoms with Gasteiger partial charge in [-0.1, -0.05) is 108 Å². The highest BCUT2D eigenvalue weighted by molar-refractivity contribution is 5.76. The minimum Gasteiger partial charge on any atom is -0.394 e. The Morgan fingerprint density at radius 1 is 0.545 bits per heavy atom. The van der Waals surface area contributed by atoms with E-state index in [1.807, 2.05) is 6.92 Å². The standard InChI is InChI=1S/C47H83NO18/c1-3-5-7-8-9-10-11-12-13-14-15-16-17-18-19-20-21-23-25-35(53)48-30(31(52)24-22-6-4-2)29-61-45-41(59)38(56)43(33(27-50)63-45)66-47-42(60)39(57)44(34(28-51)64-47)65-46-40(58)37(55)36(54)32(26-49)62-46/h10-11,13-14,22,24,30-34,36-47,49-52,54-60H,3-9,12,15-21,23,25-29H2,1-2H3,(H,48,53)/b11-10-,14-13-,24-22+. The van der Waals surface area contributed by atoms with Crippen LogP contribution in [0.25, 0.3) is 0 Å². The molecule has 3 fully saturated rings. The average molecular weight is 950 g/mol. The second-order valence-electron chi connectivity index (χ2n) is 17.6. The third-order valence-electron chi connectivity index (χ3n) is 12.2.